The number of amides is 1. The highest BCUT2D eigenvalue weighted by molar-refractivity contribution is 7.89. The molecule has 1 N–H and O–H groups in total. The Kier molecular flexibility index (Phi) is 4.71. The predicted octanol–water partition coefficient (Wildman–Crippen LogP) is 1.97. The number of nitrogens with zero attached hydrogens (tertiary/aromatic N) is 1. The van der Waals surface area contributed by atoms with Crippen LogP contribution in [0.3, 0.4) is 0 Å². The van der Waals surface area contributed by atoms with E-state index in [0.29, 0.717) is 35.3 Å². The predicted molar refractivity (Wildman–Crippen MR) is 98.5 cm³/mol. The SMILES string of the molecule is O=C1NCCN(S(=O)(=O)c2ccc3c(c2)OCCO3)C1c1ccccc1Cl. The van der Waals surface area contributed by atoms with Gasteiger partial charge in [-0.25, -0.2) is 8.42 Å². The maximum absolute atomic E-state index is 13.3. The Bertz CT molecular complexity index is 995. The fourth-order valence-corrected chi connectivity index (χ4v) is 5.04. The number of fused-ring (bicyclic) bond motifs is 1. The molecule has 2 aliphatic rings. The number of sulfonamides is 1. The van der Waals surface area contributed by atoms with Gasteiger partial charge in [-0.1, -0.05) is 29.8 Å². The molecule has 4 rings (SSSR count). The molecule has 7 nitrogen and oxygen atoms in total. The number of carbonyl (C=O) groups excluding carboxylic acids is 1. The van der Waals surface area contributed by atoms with Crippen LogP contribution in [0.2, 0.25) is 5.02 Å². The molecule has 27 heavy (non-hydrogen) atoms. The van der Waals surface area contributed by atoms with Crippen LogP contribution in [0.1, 0.15) is 11.6 Å². The summed E-state index contributed by atoms with van der Waals surface area (Å²) in [6.07, 6.45) is 0. The van der Waals surface area contributed by atoms with Gasteiger partial charge in [-0.3, -0.25) is 4.79 Å². The number of piperazine rings is 1. The van der Waals surface area contributed by atoms with E-state index in [9.17, 15) is 13.2 Å². The molecule has 0 bridgehead atoms. The summed E-state index contributed by atoms with van der Waals surface area (Å²) in [7, 11) is -3.96. The summed E-state index contributed by atoms with van der Waals surface area (Å²) in [5.41, 5.74) is 0.442. The monoisotopic (exact) mass is 408 g/mol. The molecular formula is C18H17ClN2O5S. The van der Waals surface area contributed by atoms with Crippen LogP contribution in [0, 0.1) is 0 Å². The summed E-state index contributed by atoms with van der Waals surface area (Å²) >= 11 is 6.24. The molecule has 142 valence electrons. The van der Waals surface area contributed by atoms with Gasteiger partial charge in [-0.2, -0.15) is 4.31 Å². The van der Waals surface area contributed by atoms with Gasteiger partial charge in [0.2, 0.25) is 15.9 Å². The Balaban J connectivity index is 1.77. The third-order valence-electron chi connectivity index (χ3n) is 4.49. The fourth-order valence-electron chi connectivity index (χ4n) is 3.22. The highest BCUT2D eigenvalue weighted by atomic mass is 35.5. The molecule has 0 aliphatic carbocycles. The van der Waals surface area contributed by atoms with Crippen molar-refractivity contribution < 1.29 is 22.7 Å². The highest BCUT2D eigenvalue weighted by Crippen LogP contribution is 2.37. The molecule has 1 amide bonds. The largest absolute Gasteiger partial charge is 0.486 e. The Labute approximate surface area is 161 Å². The zero-order valence-electron chi connectivity index (χ0n) is 14.2. The number of benzene rings is 2. The summed E-state index contributed by atoms with van der Waals surface area (Å²) in [4.78, 5) is 12.6. The quantitative estimate of drug-likeness (QED) is 0.839. The summed E-state index contributed by atoms with van der Waals surface area (Å²) in [5, 5.41) is 3.05. The van der Waals surface area contributed by atoms with Crippen LogP contribution in [0.5, 0.6) is 11.5 Å². The second-order valence-corrected chi connectivity index (χ2v) is 8.43. The molecule has 0 aromatic heterocycles. The highest BCUT2D eigenvalue weighted by Gasteiger charge is 2.40. The molecule has 2 aliphatic heterocycles. The average Bonchev–Trinajstić information content (AvgIpc) is 2.68. The van der Waals surface area contributed by atoms with Gasteiger partial charge in [0.05, 0.1) is 4.90 Å². The second kappa shape index (κ2) is 7.03. The second-order valence-electron chi connectivity index (χ2n) is 6.14. The van der Waals surface area contributed by atoms with Crippen molar-refractivity contribution in [2.24, 2.45) is 0 Å². The van der Waals surface area contributed by atoms with E-state index in [1.807, 2.05) is 0 Å². The lowest BCUT2D eigenvalue weighted by molar-refractivity contribution is -0.126. The standard InChI is InChI=1S/C18H17ClN2O5S/c19-14-4-2-1-3-13(14)17-18(22)20-7-8-21(17)27(23,24)12-5-6-15-16(11-12)26-10-9-25-15/h1-6,11,17H,7-10H2,(H,20,22). The smallest absolute Gasteiger partial charge is 0.244 e. The first kappa shape index (κ1) is 18.1. The molecule has 2 aromatic carbocycles. The minimum absolute atomic E-state index is 0.0403. The van der Waals surface area contributed by atoms with Gasteiger partial charge in [-0.05, 0) is 23.8 Å². The Morgan fingerprint density at radius 3 is 2.59 bits per heavy atom. The first-order valence-corrected chi connectivity index (χ1v) is 10.2. The third-order valence-corrected chi connectivity index (χ3v) is 6.69. The van der Waals surface area contributed by atoms with Crippen molar-refractivity contribution in [3.05, 3.63) is 53.1 Å². The molecule has 9 heteroatoms. The molecule has 1 atom stereocenters. The number of carbonyl (C=O) groups is 1. The Hall–Kier alpha value is -2.29. The van der Waals surface area contributed by atoms with Crippen LogP contribution in [0.4, 0.5) is 0 Å². The molecule has 0 spiro atoms. The van der Waals surface area contributed by atoms with Crippen molar-refractivity contribution in [2.45, 2.75) is 10.9 Å². The van der Waals surface area contributed by atoms with E-state index >= 15 is 0 Å². The van der Waals surface area contributed by atoms with Crippen molar-refractivity contribution in [3.63, 3.8) is 0 Å². The molecule has 0 radical (unpaired) electrons. The molecule has 2 aromatic rings. The molecule has 2 heterocycles. The van der Waals surface area contributed by atoms with Crippen LogP contribution in [0.25, 0.3) is 0 Å². The lowest BCUT2D eigenvalue weighted by Gasteiger charge is -2.34. The van der Waals surface area contributed by atoms with Gasteiger partial charge in [0.25, 0.3) is 0 Å². The minimum Gasteiger partial charge on any atom is -0.486 e. The van der Waals surface area contributed by atoms with Crippen LogP contribution in [-0.4, -0.2) is 44.9 Å². The van der Waals surface area contributed by atoms with Crippen LogP contribution in [-0.2, 0) is 14.8 Å². The van der Waals surface area contributed by atoms with E-state index in [0.717, 1.165) is 0 Å². The van der Waals surface area contributed by atoms with Gasteiger partial charge in [0, 0.05) is 24.2 Å². The number of hydrogen-bond donors (Lipinski definition) is 1. The first-order valence-electron chi connectivity index (χ1n) is 8.42. The van der Waals surface area contributed by atoms with E-state index < -0.39 is 22.0 Å². The van der Waals surface area contributed by atoms with Crippen molar-refractivity contribution in [1.82, 2.24) is 9.62 Å². The summed E-state index contributed by atoms with van der Waals surface area (Å²) < 4.78 is 38.8. The molecular weight excluding hydrogens is 392 g/mol. The van der Waals surface area contributed by atoms with Gasteiger partial charge in [-0.15, -0.1) is 0 Å². The zero-order valence-corrected chi connectivity index (χ0v) is 15.8. The maximum Gasteiger partial charge on any atom is 0.244 e. The summed E-state index contributed by atoms with van der Waals surface area (Å²) in [6, 6.07) is 10.2. The lowest BCUT2D eigenvalue weighted by Crippen LogP contribution is -2.52. The maximum atomic E-state index is 13.3. The van der Waals surface area contributed by atoms with Crippen molar-refractivity contribution in [2.75, 3.05) is 26.3 Å². The first-order chi connectivity index (χ1) is 13.0. The Morgan fingerprint density at radius 2 is 1.81 bits per heavy atom. The normalized spacial score (nSPS) is 20.2. The Morgan fingerprint density at radius 1 is 1.07 bits per heavy atom. The van der Waals surface area contributed by atoms with Crippen LogP contribution < -0.4 is 14.8 Å². The average molecular weight is 409 g/mol. The lowest BCUT2D eigenvalue weighted by atomic mass is 10.0. The summed E-state index contributed by atoms with van der Waals surface area (Å²) in [6.45, 7) is 1.13. The molecule has 1 saturated heterocycles. The fraction of sp³-hybridized carbons (Fsp3) is 0.278. The van der Waals surface area contributed by atoms with Crippen LogP contribution >= 0.6 is 11.6 Å². The van der Waals surface area contributed by atoms with E-state index in [1.165, 1.54) is 16.4 Å². The van der Waals surface area contributed by atoms with E-state index in [1.54, 1.807) is 30.3 Å². The van der Waals surface area contributed by atoms with Gasteiger partial charge in [0.15, 0.2) is 11.5 Å². The number of hydrogen-bond acceptors (Lipinski definition) is 5. The molecule has 1 unspecified atom stereocenters. The number of nitrogens with one attached hydrogen (secondary N) is 1. The van der Waals surface area contributed by atoms with Crippen molar-refractivity contribution >= 4 is 27.5 Å². The van der Waals surface area contributed by atoms with E-state index in [2.05, 4.69) is 5.32 Å². The molecule has 0 saturated carbocycles. The number of ether oxygens (including phenoxy) is 2. The zero-order chi connectivity index (χ0) is 19.0. The van der Waals surface area contributed by atoms with Crippen LogP contribution in [0.15, 0.2) is 47.4 Å². The third kappa shape index (κ3) is 3.24. The van der Waals surface area contributed by atoms with Crippen molar-refractivity contribution in [1.29, 1.82) is 0 Å². The van der Waals surface area contributed by atoms with Crippen molar-refractivity contribution in [3.8, 4) is 11.5 Å². The number of rotatable bonds is 3. The minimum atomic E-state index is -3.96. The van der Waals surface area contributed by atoms with E-state index in [4.69, 9.17) is 21.1 Å². The van der Waals surface area contributed by atoms with E-state index in [-0.39, 0.29) is 18.0 Å². The van der Waals surface area contributed by atoms with Gasteiger partial charge in [0.1, 0.15) is 19.3 Å². The number of halogens is 1. The van der Waals surface area contributed by atoms with Gasteiger partial charge >= 0.3 is 0 Å². The molecule has 1 fully saturated rings. The summed E-state index contributed by atoms with van der Waals surface area (Å²) in [5.74, 6) is 0.466. The topological polar surface area (TPSA) is 84.9 Å². The van der Waals surface area contributed by atoms with Gasteiger partial charge < -0.3 is 14.8 Å².